The van der Waals surface area contributed by atoms with Crippen molar-refractivity contribution in [2.75, 3.05) is 11.4 Å². The topological polar surface area (TPSA) is 111 Å². The van der Waals surface area contributed by atoms with E-state index >= 15 is 0 Å². The molecule has 3 aromatic carbocycles. The summed E-state index contributed by atoms with van der Waals surface area (Å²) < 4.78 is 16.7. The predicted molar refractivity (Wildman–Crippen MR) is 161 cm³/mol. The van der Waals surface area contributed by atoms with Crippen molar-refractivity contribution in [2.24, 2.45) is 0 Å². The highest BCUT2D eigenvalue weighted by Crippen LogP contribution is 2.30. The standard InChI is InChI=1S/C18H29NO3.C15H8N2O3/c1-6-11-19-13-14-9-8-10-15(12-14)21-16(7-2)17(20)22-18(3,4)5;18-13-9-5-1-2-6-10(9)14(19)17(13)15-16-11-7-3-4-8-12(11)20-15/h8-10,12,16,19H,6-7,11,13H2,1-5H3;1-8H. The number of para-hydroxylation sites is 2. The second-order valence-electron chi connectivity index (χ2n) is 10.8. The van der Waals surface area contributed by atoms with Crippen molar-refractivity contribution in [3.05, 3.63) is 89.5 Å². The quantitative estimate of drug-likeness (QED) is 0.141. The fourth-order valence-corrected chi connectivity index (χ4v) is 4.29. The first-order valence-electron chi connectivity index (χ1n) is 14.1. The van der Waals surface area contributed by atoms with E-state index in [9.17, 15) is 14.4 Å². The summed E-state index contributed by atoms with van der Waals surface area (Å²) in [5.41, 5.74) is 2.54. The first-order valence-corrected chi connectivity index (χ1v) is 14.1. The molecule has 1 aromatic heterocycles. The van der Waals surface area contributed by atoms with Crippen LogP contribution in [0.2, 0.25) is 0 Å². The number of benzene rings is 3. The lowest BCUT2D eigenvalue weighted by atomic mass is 10.1. The predicted octanol–water partition coefficient (Wildman–Crippen LogP) is 6.31. The zero-order chi connectivity index (χ0) is 30.3. The number of fused-ring (bicyclic) bond motifs is 2. The fourth-order valence-electron chi connectivity index (χ4n) is 4.29. The maximum atomic E-state index is 12.3. The number of hydrogen-bond donors (Lipinski definition) is 1. The normalized spacial score (nSPS) is 13.4. The molecule has 0 fully saturated rings. The van der Waals surface area contributed by atoms with Gasteiger partial charge in [0.05, 0.1) is 11.1 Å². The van der Waals surface area contributed by atoms with E-state index in [0.717, 1.165) is 30.0 Å². The summed E-state index contributed by atoms with van der Waals surface area (Å²) in [7, 11) is 0. The molecule has 1 atom stereocenters. The van der Waals surface area contributed by atoms with E-state index in [2.05, 4.69) is 17.2 Å². The van der Waals surface area contributed by atoms with Crippen LogP contribution in [0.15, 0.2) is 77.2 Å². The van der Waals surface area contributed by atoms with Crippen LogP contribution < -0.4 is 15.0 Å². The van der Waals surface area contributed by atoms with Gasteiger partial charge in [0.2, 0.25) is 0 Å². The molecule has 2 amide bonds. The summed E-state index contributed by atoms with van der Waals surface area (Å²) in [5.74, 6) is -0.424. The lowest BCUT2D eigenvalue weighted by molar-refractivity contribution is -0.163. The van der Waals surface area contributed by atoms with E-state index in [4.69, 9.17) is 13.9 Å². The van der Waals surface area contributed by atoms with Crippen molar-refractivity contribution in [3.63, 3.8) is 0 Å². The molecule has 9 nitrogen and oxygen atoms in total. The Labute approximate surface area is 245 Å². The van der Waals surface area contributed by atoms with E-state index < -0.39 is 23.5 Å². The van der Waals surface area contributed by atoms with Gasteiger partial charge < -0.3 is 19.2 Å². The smallest absolute Gasteiger partial charge is 0.347 e. The average Bonchev–Trinajstić information content (AvgIpc) is 3.49. The monoisotopic (exact) mass is 571 g/mol. The molecule has 1 aliphatic rings. The third-order valence-corrected chi connectivity index (χ3v) is 6.24. The summed E-state index contributed by atoms with van der Waals surface area (Å²) in [5, 5.41) is 3.35. The summed E-state index contributed by atoms with van der Waals surface area (Å²) in [6, 6.07) is 21.7. The number of oxazole rings is 1. The van der Waals surface area contributed by atoms with Crippen LogP contribution in [0.5, 0.6) is 5.75 Å². The van der Waals surface area contributed by atoms with E-state index in [0.29, 0.717) is 34.4 Å². The van der Waals surface area contributed by atoms with Gasteiger partial charge in [-0.1, -0.05) is 50.2 Å². The van der Waals surface area contributed by atoms with Gasteiger partial charge in [0.1, 0.15) is 16.9 Å². The first kappa shape index (κ1) is 30.5. The molecule has 0 aliphatic carbocycles. The Hall–Kier alpha value is -4.50. The zero-order valence-corrected chi connectivity index (χ0v) is 24.7. The Balaban J connectivity index is 0.000000193. The number of nitrogens with zero attached hydrogens (tertiary/aromatic N) is 2. The number of carbonyl (C=O) groups excluding carboxylic acids is 3. The fraction of sp³-hybridized carbons (Fsp3) is 0.333. The molecule has 0 saturated carbocycles. The average molecular weight is 572 g/mol. The molecule has 4 aromatic rings. The minimum atomic E-state index is -0.571. The molecule has 1 aliphatic heterocycles. The molecular weight excluding hydrogens is 534 g/mol. The maximum Gasteiger partial charge on any atom is 0.347 e. The second-order valence-corrected chi connectivity index (χ2v) is 10.8. The Morgan fingerprint density at radius 1 is 0.952 bits per heavy atom. The van der Waals surface area contributed by atoms with Crippen LogP contribution in [-0.4, -0.2) is 41.0 Å². The highest BCUT2D eigenvalue weighted by molar-refractivity contribution is 6.33. The minimum Gasteiger partial charge on any atom is -0.479 e. The number of aromatic nitrogens is 1. The van der Waals surface area contributed by atoms with Gasteiger partial charge in [0, 0.05) is 6.54 Å². The van der Waals surface area contributed by atoms with Crippen LogP contribution in [0.3, 0.4) is 0 Å². The Bertz CT molecular complexity index is 1490. The van der Waals surface area contributed by atoms with Gasteiger partial charge in [-0.3, -0.25) is 9.59 Å². The third-order valence-electron chi connectivity index (χ3n) is 6.24. The lowest BCUT2D eigenvalue weighted by Gasteiger charge is -2.24. The van der Waals surface area contributed by atoms with Crippen molar-refractivity contribution >= 4 is 34.9 Å². The molecule has 0 radical (unpaired) electrons. The number of rotatable bonds is 9. The lowest BCUT2D eigenvalue weighted by Crippen LogP contribution is -2.34. The highest BCUT2D eigenvalue weighted by atomic mass is 16.6. The van der Waals surface area contributed by atoms with Gasteiger partial charge in [0.25, 0.3) is 11.8 Å². The minimum absolute atomic E-state index is 0.0115. The molecule has 42 heavy (non-hydrogen) atoms. The van der Waals surface area contributed by atoms with Crippen LogP contribution in [0.4, 0.5) is 6.01 Å². The summed E-state index contributed by atoms with van der Waals surface area (Å²) in [6.07, 6.45) is 1.11. The summed E-state index contributed by atoms with van der Waals surface area (Å²) in [6.45, 7) is 11.4. The van der Waals surface area contributed by atoms with Crippen LogP contribution in [0, 0.1) is 0 Å². The van der Waals surface area contributed by atoms with Gasteiger partial charge in [-0.15, -0.1) is 0 Å². The van der Waals surface area contributed by atoms with Crippen LogP contribution in [-0.2, 0) is 16.1 Å². The summed E-state index contributed by atoms with van der Waals surface area (Å²) in [4.78, 5) is 41.9. The molecule has 5 rings (SSSR count). The van der Waals surface area contributed by atoms with Crippen LogP contribution in [0.25, 0.3) is 11.1 Å². The van der Waals surface area contributed by atoms with Gasteiger partial charge in [0.15, 0.2) is 11.7 Å². The van der Waals surface area contributed by atoms with Crippen molar-refractivity contribution < 1.29 is 28.3 Å². The van der Waals surface area contributed by atoms with E-state index in [1.54, 1.807) is 42.5 Å². The van der Waals surface area contributed by atoms with E-state index in [-0.39, 0.29) is 12.0 Å². The Kier molecular flexibility index (Phi) is 9.75. The van der Waals surface area contributed by atoms with Gasteiger partial charge in [-0.25, -0.2) is 4.79 Å². The number of amides is 2. The summed E-state index contributed by atoms with van der Waals surface area (Å²) >= 11 is 0. The number of imide groups is 1. The highest BCUT2D eigenvalue weighted by Gasteiger charge is 2.39. The number of carbonyl (C=O) groups is 3. The molecular formula is C33H37N3O6. The molecule has 0 saturated heterocycles. The van der Waals surface area contributed by atoms with Crippen LogP contribution >= 0.6 is 0 Å². The molecule has 220 valence electrons. The second kappa shape index (κ2) is 13.4. The van der Waals surface area contributed by atoms with Crippen molar-refractivity contribution in [1.82, 2.24) is 10.3 Å². The van der Waals surface area contributed by atoms with E-state index in [1.807, 2.05) is 58.0 Å². The number of ether oxygens (including phenoxy) is 2. The third kappa shape index (κ3) is 7.41. The molecule has 2 heterocycles. The van der Waals surface area contributed by atoms with Gasteiger partial charge in [-0.2, -0.15) is 9.88 Å². The molecule has 0 spiro atoms. The van der Waals surface area contributed by atoms with Gasteiger partial charge >= 0.3 is 12.0 Å². The van der Waals surface area contributed by atoms with Crippen molar-refractivity contribution in [3.8, 4) is 5.75 Å². The van der Waals surface area contributed by atoms with E-state index in [1.165, 1.54) is 0 Å². The number of hydrogen-bond acceptors (Lipinski definition) is 8. The van der Waals surface area contributed by atoms with Crippen LogP contribution in [0.1, 0.15) is 73.7 Å². The number of nitrogens with one attached hydrogen (secondary N) is 1. The number of esters is 1. The number of anilines is 1. The first-order chi connectivity index (χ1) is 20.1. The molecule has 1 unspecified atom stereocenters. The molecule has 9 heteroatoms. The maximum absolute atomic E-state index is 12.3. The van der Waals surface area contributed by atoms with Crippen molar-refractivity contribution in [2.45, 2.75) is 65.7 Å². The molecule has 0 bridgehead atoms. The largest absolute Gasteiger partial charge is 0.479 e. The Morgan fingerprint density at radius 2 is 1.62 bits per heavy atom. The van der Waals surface area contributed by atoms with Gasteiger partial charge in [-0.05, 0) is 82.1 Å². The molecule has 1 N–H and O–H groups in total. The zero-order valence-electron chi connectivity index (χ0n) is 24.7. The Morgan fingerprint density at radius 3 is 2.24 bits per heavy atom. The SMILES string of the molecule is CCCNCc1cccc(OC(CC)C(=O)OC(C)(C)C)c1.O=C1c2ccccc2C(=O)N1c1nc2ccccc2o1. The van der Waals surface area contributed by atoms with Crippen molar-refractivity contribution in [1.29, 1.82) is 0 Å².